The van der Waals surface area contributed by atoms with Gasteiger partial charge in [0, 0.05) is 45.3 Å². The van der Waals surface area contributed by atoms with Crippen molar-refractivity contribution in [3.63, 3.8) is 0 Å². The maximum atomic E-state index is 14.7. The summed E-state index contributed by atoms with van der Waals surface area (Å²) in [6, 6.07) is 4.51. The summed E-state index contributed by atoms with van der Waals surface area (Å²) < 4.78 is 0. The largest absolute Gasteiger partial charge is 0.370 e. The van der Waals surface area contributed by atoms with Crippen molar-refractivity contribution >= 4 is 94.5 Å². The van der Waals surface area contributed by atoms with Gasteiger partial charge in [-0.2, -0.15) is 11.8 Å². The Kier molecular flexibility index (Phi) is 33.9. The summed E-state index contributed by atoms with van der Waals surface area (Å²) >= 11 is 1.45. The molecule has 2 aromatic carbocycles. The molecule has 2 saturated heterocycles. The summed E-state index contributed by atoms with van der Waals surface area (Å²) in [5.41, 5.74) is 40.6. The Balaban J connectivity index is 1.56. The number of unbranched alkanes of at least 4 members (excludes halogenated alkanes) is 1. The van der Waals surface area contributed by atoms with Crippen molar-refractivity contribution in [2.75, 3.05) is 44.7 Å². The fraction of sp³-hybridized carbons (Fsp3) is 0.587. The lowest BCUT2D eigenvalue weighted by Gasteiger charge is -2.32. The third kappa shape index (κ3) is 27.5. The van der Waals surface area contributed by atoms with Crippen molar-refractivity contribution in [2.45, 2.75) is 183 Å². The van der Waals surface area contributed by atoms with Gasteiger partial charge in [-0.05, 0) is 119 Å². The van der Waals surface area contributed by atoms with Crippen LogP contribution < -0.4 is 82.7 Å². The normalized spacial score (nSPS) is 16.8. The summed E-state index contributed by atoms with van der Waals surface area (Å²) in [6.45, 7) is 3.86. The first-order valence-electron chi connectivity index (χ1n) is 32.2. The number of likely N-dealkylation sites (tertiary alicyclic amines) is 2. The van der Waals surface area contributed by atoms with E-state index in [-0.39, 0.29) is 83.0 Å². The highest BCUT2D eigenvalue weighted by Gasteiger charge is 2.42. The fourth-order valence-corrected chi connectivity index (χ4v) is 11.5. The molecule has 2 aliphatic heterocycles. The fourth-order valence-electron chi connectivity index (χ4n) is 11.0. The van der Waals surface area contributed by atoms with Crippen LogP contribution >= 0.6 is 11.8 Å². The molecule has 0 aromatic heterocycles. The molecule has 0 bridgehead atoms. The average molecular weight is 1350 g/mol. The van der Waals surface area contributed by atoms with Crippen molar-refractivity contribution < 1.29 is 62.3 Å². The lowest BCUT2D eigenvalue weighted by atomic mass is 10.0. The van der Waals surface area contributed by atoms with Crippen LogP contribution in [0, 0.1) is 5.92 Å². The molecule has 10 atom stereocenters. The number of thioether (sulfide) groups is 1. The van der Waals surface area contributed by atoms with Crippen LogP contribution in [-0.2, 0) is 75.2 Å². The average Bonchev–Trinajstić information content (AvgIpc) is 1.74. The van der Waals surface area contributed by atoms with Crippen molar-refractivity contribution in [3.05, 3.63) is 71.8 Å². The zero-order chi connectivity index (χ0) is 70.1. The molecule has 2 aliphatic rings. The van der Waals surface area contributed by atoms with Crippen molar-refractivity contribution in [3.8, 4) is 0 Å². The van der Waals surface area contributed by atoms with Gasteiger partial charge in [-0.25, -0.2) is 0 Å². The number of benzene rings is 2. The molecule has 0 aliphatic carbocycles. The molecule has 32 heteroatoms. The van der Waals surface area contributed by atoms with Gasteiger partial charge in [0.1, 0.15) is 54.4 Å². The van der Waals surface area contributed by atoms with Gasteiger partial charge in [-0.3, -0.25) is 67.3 Å². The van der Waals surface area contributed by atoms with E-state index in [1.165, 1.54) is 21.6 Å². The molecule has 4 rings (SSSR count). The van der Waals surface area contributed by atoms with E-state index in [0.717, 1.165) is 0 Å². The minimum atomic E-state index is -1.64. The van der Waals surface area contributed by atoms with Crippen LogP contribution in [-0.4, -0.2) is 198 Å². The number of aliphatic imine (C=N–C) groups is 1. The number of nitrogens with two attached hydrogens (primary N) is 7. The number of nitrogens with zero attached hydrogens (tertiary/aromatic N) is 3. The smallest absolute Gasteiger partial charge is 0.245 e. The molecule has 0 spiro atoms. The van der Waals surface area contributed by atoms with Crippen LogP contribution in [0.3, 0.4) is 0 Å². The molecule has 0 radical (unpaired) electrons. The lowest BCUT2D eigenvalue weighted by molar-refractivity contribution is -0.144. The number of hydrogen-bond acceptors (Lipinski definition) is 17. The van der Waals surface area contributed by atoms with Crippen LogP contribution in [0.15, 0.2) is 65.7 Å². The molecule has 524 valence electrons. The summed E-state index contributed by atoms with van der Waals surface area (Å²) in [7, 11) is 0. The Labute approximate surface area is 558 Å². The SMILES string of the molecule is CSCC[C@H](NC(=O)[C@H](CC(C)C)NC(=O)CNC(=O)[C@@H](Cc1ccccc1)NC(=O)[C@H](Cc1ccccc1)NC(=O)[C@H](CCC(N)=O)NC(=O)[C@@H](CCC(N)=O)NC(=O)[C@H]1CCCN1C(=O)[C@H](CCCCN)NC(=O)[C@@H]1CCCN1C(=O)[C@@H](N)CCCN=C(N)N)C(N)=O. The lowest BCUT2D eigenvalue weighted by Crippen LogP contribution is -2.60. The predicted octanol–water partition coefficient (Wildman–Crippen LogP) is -3.71. The summed E-state index contributed by atoms with van der Waals surface area (Å²) in [4.78, 5) is 185. The molecule has 22 N–H and O–H groups in total. The number of guanidine groups is 1. The topological polar surface area (TPSA) is 519 Å². The first-order valence-corrected chi connectivity index (χ1v) is 33.6. The first kappa shape index (κ1) is 78.5. The third-order valence-corrected chi connectivity index (χ3v) is 16.7. The number of nitrogens with one attached hydrogen (secondary N) is 8. The number of carbonyl (C=O) groups is 13. The molecule has 95 heavy (non-hydrogen) atoms. The van der Waals surface area contributed by atoms with Crippen LogP contribution in [0.5, 0.6) is 0 Å². The Hall–Kier alpha value is -8.91. The van der Waals surface area contributed by atoms with E-state index in [1.54, 1.807) is 60.7 Å². The molecule has 2 heterocycles. The zero-order valence-electron chi connectivity index (χ0n) is 54.5. The van der Waals surface area contributed by atoms with Gasteiger partial charge < -0.3 is 92.5 Å². The summed E-state index contributed by atoms with van der Waals surface area (Å²) in [6.07, 6.45) is 3.12. The van der Waals surface area contributed by atoms with E-state index in [1.807, 2.05) is 20.1 Å². The van der Waals surface area contributed by atoms with Gasteiger partial charge in [0.25, 0.3) is 0 Å². The van der Waals surface area contributed by atoms with Gasteiger partial charge in [0.2, 0.25) is 76.8 Å². The second-order valence-corrected chi connectivity index (χ2v) is 25.1. The van der Waals surface area contributed by atoms with E-state index < -0.39 is 169 Å². The predicted molar refractivity (Wildman–Crippen MR) is 356 cm³/mol. The number of rotatable bonds is 42. The van der Waals surface area contributed by atoms with Crippen LogP contribution in [0.25, 0.3) is 0 Å². The molecule has 2 fully saturated rings. The Bertz CT molecular complexity index is 2960. The van der Waals surface area contributed by atoms with E-state index in [0.29, 0.717) is 55.4 Å². The van der Waals surface area contributed by atoms with Gasteiger partial charge >= 0.3 is 0 Å². The quantitative estimate of drug-likeness (QED) is 0.0173. The van der Waals surface area contributed by atoms with Crippen LogP contribution in [0.2, 0.25) is 0 Å². The summed E-state index contributed by atoms with van der Waals surface area (Å²) in [5.74, 6) is -9.80. The standard InChI is InChI=1S/C63H98N18O13S/c1-37(2)33-45(57(89)74-41(53(68)85)27-32-95-3)73-52(84)36-72-54(86)46(34-38-15-6-4-7-16-38)78-58(90)47(35-39-17-8-5-9-18-39)79-56(88)42(23-25-50(66)82)75-55(87)43(24-26-51(67)83)76-59(91)49-22-14-31-81(49)62(94)44(20-10-11-28-64)77-60(92)48-21-13-30-80(48)61(93)40(65)19-12-29-71-63(69)70/h4-9,15-18,37,40-49H,10-14,19-36,64-65H2,1-3H3,(H2,66,82)(H2,67,83)(H2,68,85)(H,72,86)(H,73,84)(H,74,89)(H,75,87)(H,76,91)(H,77,92)(H,78,90)(H,79,88)(H4,69,70,71)/t40-,41-,42-,43+,44-,45-,46+,47-,48-,49+/m0/s1. The highest BCUT2D eigenvalue weighted by molar-refractivity contribution is 7.98. The molecular formula is C63H98N18O13S. The highest BCUT2D eigenvalue weighted by Crippen LogP contribution is 2.24. The van der Waals surface area contributed by atoms with Crippen molar-refractivity contribution in [1.29, 1.82) is 0 Å². The highest BCUT2D eigenvalue weighted by atomic mass is 32.2. The number of hydrogen-bond donors (Lipinski definition) is 15. The number of carbonyl (C=O) groups excluding carboxylic acids is 13. The minimum absolute atomic E-state index is 0.0736. The molecule has 31 nitrogen and oxygen atoms in total. The second kappa shape index (κ2) is 41.0. The molecular weight excluding hydrogens is 1250 g/mol. The Morgan fingerprint density at radius 2 is 1.01 bits per heavy atom. The van der Waals surface area contributed by atoms with E-state index in [4.69, 9.17) is 40.1 Å². The van der Waals surface area contributed by atoms with Crippen LogP contribution in [0.1, 0.15) is 121 Å². The minimum Gasteiger partial charge on any atom is -0.370 e. The zero-order valence-corrected chi connectivity index (χ0v) is 55.3. The Morgan fingerprint density at radius 1 is 0.537 bits per heavy atom. The van der Waals surface area contributed by atoms with Gasteiger partial charge in [-0.1, -0.05) is 74.5 Å². The Morgan fingerprint density at radius 3 is 1.51 bits per heavy atom. The summed E-state index contributed by atoms with van der Waals surface area (Å²) in [5, 5.41) is 21.1. The van der Waals surface area contributed by atoms with Gasteiger partial charge in [0.15, 0.2) is 5.96 Å². The van der Waals surface area contributed by atoms with E-state index in [2.05, 4.69) is 47.5 Å². The van der Waals surface area contributed by atoms with Crippen molar-refractivity contribution in [1.82, 2.24) is 52.3 Å². The molecule has 13 amide bonds. The van der Waals surface area contributed by atoms with Gasteiger partial charge in [-0.15, -0.1) is 0 Å². The maximum absolute atomic E-state index is 14.7. The third-order valence-electron chi connectivity index (χ3n) is 16.0. The molecule has 0 unspecified atom stereocenters. The van der Waals surface area contributed by atoms with Gasteiger partial charge in [0.05, 0.1) is 12.6 Å². The monoisotopic (exact) mass is 1350 g/mol. The van der Waals surface area contributed by atoms with E-state index >= 15 is 0 Å². The molecule has 0 saturated carbocycles. The van der Waals surface area contributed by atoms with E-state index in [9.17, 15) is 62.3 Å². The second-order valence-electron chi connectivity index (χ2n) is 24.1. The van der Waals surface area contributed by atoms with Crippen LogP contribution in [0.4, 0.5) is 0 Å². The molecule has 2 aromatic rings. The van der Waals surface area contributed by atoms with Crippen molar-refractivity contribution in [2.24, 2.45) is 51.0 Å². The maximum Gasteiger partial charge on any atom is 0.245 e. The first-order chi connectivity index (χ1) is 45.2. The number of primary amides is 3. The number of amides is 13.